The van der Waals surface area contributed by atoms with Gasteiger partial charge in [0.1, 0.15) is 5.75 Å². The molecule has 116 valence electrons. The zero-order valence-electron chi connectivity index (χ0n) is 13.2. The van der Waals surface area contributed by atoms with Crippen LogP contribution in [0.3, 0.4) is 0 Å². The van der Waals surface area contributed by atoms with E-state index >= 15 is 0 Å². The molecular weight excluding hydrogens is 326 g/mol. The van der Waals surface area contributed by atoms with Gasteiger partial charge < -0.3 is 10.1 Å². The van der Waals surface area contributed by atoms with Crippen LogP contribution in [0.1, 0.15) is 50.7 Å². The van der Waals surface area contributed by atoms with Gasteiger partial charge in [0.15, 0.2) is 0 Å². The highest BCUT2D eigenvalue weighted by Crippen LogP contribution is 2.39. The van der Waals surface area contributed by atoms with Crippen molar-refractivity contribution in [3.63, 3.8) is 0 Å². The third kappa shape index (κ3) is 3.45. The summed E-state index contributed by atoms with van der Waals surface area (Å²) in [6.07, 6.45) is 7.31. The van der Waals surface area contributed by atoms with Crippen molar-refractivity contribution in [2.45, 2.75) is 58.4 Å². The van der Waals surface area contributed by atoms with Crippen LogP contribution in [0.15, 0.2) is 16.6 Å². The zero-order chi connectivity index (χ0) is 14.9. The summed E-state index contributed by atoms with van der Waals surface area (Å²) < 4.78 is 7.11. The maximum atomic E-state index is 5.92. The fourth-order valence-electron chi connectivity index (χ4n) is 3.34. The summed E-state index contributed by atoms with van der Waals surface area (Å²) in [5.41, 5.74) is 3.11. The Morgan fingerprint density at radius 2 is 2.05 bits per heavy atom. The minimum Gasteiger partial charge on any atom is -0.493 e. The van der Waals surface area contributed by atoms with Gasteiger partial charge in [0.05, 0.1) is 6.61 Å². The van der Waals surface area contributed by atoms with Gasteiger partial charge in [-0.25, -0.2) is 0 Å². The number of halogens is 1. The molecule has 0 bridgehead atoms. The highest BCUT2D eigenvalue weighted by Gasteiger charge is 2.32. The molecule has 0 atom stereocenters. The summed E-state index contributed by atoms with van der Waals surface area (Å²) >= 11 is 3.67. The predicted molar refractivity (Wildman–Crippen MR) is 91.1 cm³/mol. The van der Waals surface area contributed by atoms with Crippen LogP contribution in [0, 0.1) is 5.41 Å². The Balaban J connectivity index is 1.81. The maximum Gasteiger partial charge on any atom is 0.125 e. The van der Waals surface area contributed by atoms with Crippen LogP contribution in [0.25, 0.3) is 0 Å². The molecule has 1 fully saturated rings. The quantitative estimate of drug-likeness (QED) is 0.781. The minimum absolute atomic E-state index is 0.350. The normalized spacial score (nSPS) is 17.7. The van der Waals surface area contributed by atoms with E-state index in [4.69, 9.17) is 4.74 Å². The molecule has 0 unspecified atom stereocenters. The van der Waals surface area contributed by atoms with Crippen LogP contribution in [-0.4, -0.2) is 19.2 Å². The van der Waals surface area contributed by atoms with Crippen LogP contribution in [0.5, 0.6) is 5.75 Å². The van der Waals surface area contributed by atoms with Gasteiger partial charge in [0.2, 0.25) is 0 Å². The van der Waals surface area contributed by atoms with Crippen molar-refractivity contribution in [2.75, 3.05) is 13.2 Å². The summed E-state index contributed by atoms with van der Waals surface area (Å²) in [5.74, 6) is 1.16. The number of rotatable bonds is 7. The molecule has 2 nitrogen and oxygen atoms in total. The van der Waals surface area contributed by atoms with Crippen molar-refractivity contribution in [3.05, 3.63) is 27.7 Å². The summed E-state index contributed by atoms with van der Waals surface area (Å²) in [6, 6.07) is 5.27. The minimum atomic E-state index is 0.350. The van der Waals surface area contributed by atoms with E-state index in [1.807, 2.05) is 0 Å². The molecule has 0 spiro atoms. The van der Waals surface area contributed by atoms with E-state index in [1.54, 1.807) is 0 Å². The molecule has 0 saturated heterocycles. The lowest BCUT2D eigenvalue weighted by molar-refractivity contribution is 0.241. The third-order valence-corrected chi connectivity index (χ3v) is 5.69. The van der Waals surface area contributed by atoms with E-state index in [1.165, 1.54) is 41.3 Å². The smallest absolute Gasteiger partial charge is 0.125 e. The van der Waals surface area contributed by atoms with Crippen molar-refractivity contribution in [2.24, 2.45) is 5.41 Å². The third-order valence-electron chi connectivity index (χ3n) is 5.23. The standard InChI is InChI=1S/C18H26BrNO/c1-3-18(4-2,12-20-16-5-6-16)11-14-10-15(19)9-13-7-8-21-17(13)14/h9-10,16,20H,3-8,11-12H2,1-2H3. The van der Waals surface area contributed by atoms with Crippen molar-refractivity contribution in [1.82, 2.24) is 5.32 Å². The molecule has 1 aliphatic carbocycles. The molecule has 1 heterocycles. The number of fused-ring (bicyclic) bond motifs is 1. The van der Waals surface area contributed by atoms with Gasteiger partial charge in [0.25, 0.3) is 0 Å². The highest BCUT2D eigenvalue weighted by atomic mass is 79.9. The van der Waals surface area contributed by atoms with E-state index in [9.17, 15) is 0 Å². The lowest BCUT2D eigenvalue weighted by Crippen LogP contribution is -2.36. The van der Waals surface area contributed by atoms with Gasteiger partial charge in [-0.3, -0.25) is 0 Å². The molecule has 1 aromatic carbocycles. The van der Waals surface area contributed by atoms with Gasteiger partial charge in [-0.05, 0) is 60.8 Å². The molecule has 0 radical (unpaired) electrons. The average Bonchev–Trinajstić information content (AvgIpc) is 3.20. The fraction of sp³-hybridized carbons (Fsp3) is 0.667. The Morgan fingerprint density at radius 3 is 2.71 bits per heavy atom. The Labute approximate surface area is 136 Å². The van der Waals surface area contributed by atoms with E-state index in [2.05, 4.69) is 47.2 Å². The first-order valence-corrected chi connectivity index (χ1v) is 9.12. The number of hydrogen-bond donors (Lipinski definition) is 1. The highest BCUT2D eigenvalue weighted by molar-refractivity contribution is 9.10. The number of nitrogens with one attached hydrogen (secondary N) is 1. The van der Waals surface area contributed by atoms with Gasteiger partial charge in [-0.15, -0.1) is 0 Å². The Kier molecular flexibility index (Phi) is 4.60. The van der Waals surface area contributed by atoms with Gasteiger partial charge in [-0.1, -0.05) is 29.8 Å². The number of benzene rings is 1. The van der Waals surface area contributed by atoms with Crippen LogP contribution in [0.2, 0.25) is 0 Å². The maximum absolute atomic E-state index is 5.92. The summed E-state index contributed by atoms with van der Waals surface area (Å²) in [4.78, 5) is 0. The van der Waals surface area contributed by atoms with Crippen LogP contribution in [0.4, 0.5) is 0 Å². The predicted octanol–water partition coefficient (Wildman–Crippen LogP) is 4.48. The molecule has 1 aliphatic heterocycles. The van der Waals surface area contributed by atoms with Crippen LogP contribution >= 0.6 is 15.9 Å². The van der Waals surface area contributed by atoms with Crippen LogP contribution in [-0.2, 0) is 12.8 Å². The Hall–Kier alpha value is -0.540. The lowest BCUT2D eigenvalue weighted by atomic mass is 9.76. The SMILES string of the molecule is CCC(CC)(CNC1CC1)Cc1cc(Br)cc2c1OCC2. The van der Waals surface area contributed by atoms with Gasteiger partial charge in [-0.2, -0.15) is 0 Å². The summed E-state index contributed by atoms with van der Waals surface area (Å²) in [6.45, 7) is 6.63. The molecular formula is C18H26BrNO. The molecule has 1 saturated carbocycles. The molecule has 21 heavy (non-hydrogen) atoms. The zero-order valence-corrected chi connectivity index (χ0v) is 14.8. The van der Waals surface area contributed by atoms with Crippen molar-refractivity contribution < 1.29 is 4.74 Å². The second kappa shape index (κ2) is 6.29. The van der Waals surface area contributed by atoms with E-state index in [0.717, 1.165) is 37.8 Å². The first-order valence-electron chi connectivity index (χ1n) is 8.33. The summed E-state index contributed by atoms with van der Waals surface area (Å²) in [5, 5.41) is 3.75. The van der Waals surface area contributed by atoms with Gasteiger partial charge in [0, 0.05) is 23.5 Å². The number of hydrogen-bond acceptors (Lipinski definition) is 2. The topological polar surface area (TPSA) is 21.3 Å². The first kappa shape index (κ1) is 15.4. The molecule has 2 aliphatic rings. The second-order valence-corrected chi connectivity index (χ2v) is 7.61. The monoisotopic (exact) mass is 351 g/mol. The van der Waals surface area contributed by atoms with E-state index in [-0.39, 0.29) is 0 Å². The first-order chi connectivity index (χ1) is 10.2. The van der Waals surface area contributed by atoms with Crippen LogP contribution < -0.4 is 10.1 Å². The molecule has 0 amide bonds. The fourth-order valence-corrected chi connectivity index (χ4v) is 3.89. The Bertz CT molecular complexity index is 506. The average molecular weight is 352 g/mol. The van der Waals surface area contributed by atoms with Gasteiger partial charge >= 0.3 is 0 Å². The lowest BCUT2D eigenvalue weighted by Gasteiger charge is -2.33. The van der Waals surface area contributed by atoms with Crippen molar-refractivity contribution in [1.29, 1.82) is 0 Å². The molecule has 1 N–H and O–H groups in total. The van der Waals surface area contributed by atoms with E-state index < -0.39 is 0 Å². The molecule has 1 aromatic rings. The second-order valence-electron chi connectivity index (χ2n) is 6.69. The summed E-state index contributed by atoms with van der Waals surface area (Å²) in [7, 11) is 0. The molecule has 3 heteroatoms. The largest absolute Gasteiger partial charge is 0.493 e. The Morgan fingerprint density at radius 1 is 1.29 bits per heavy atom. The van der Waals surface area contributed by atoms with Crippen molar-refractivity contribution >= 4 is 15.9 Å². The van der Waals surface area contributed by atoms with Crippen molar-refractivity contribution in [3.8, 4) is 5.75 Å². The molecule has 3 rings (SSSR count). The number of ether oxygens (including phenoxy) is 1. The molecule has 0 aromatic heterocycles. The van der Waals surface area contributed by atoms with E-state index in [0.29, 0.717) is 5.41 Å².